The van der Waals surface area contributed by atoms with Crippen LogP contribution in [0.2, 0.25) is 5.02 Å². The molecule has 1 fully saturated rings. The van der Waals surface area contributed by atoms with E-state index in [0.717, 1.165) is 0 Å². The van der Waals surface area contributed by atoms with Gasteiger partial charge in [-0.05, 0) is 37.1 Å². The molecule has 2 aromatic rings. The van der Waals surface area contributed by atoms with Gasteiger partial charge in [-0.25, -0.2) is 0 Å². The van der Waals surface area contributed by atoms with E-state index in [1.54, 1.807) is 23.1 Å². The summed E-state index contributed by atoms with van der Waals surface area (Å²) in [6.07, 6.45) is 0.916. The smallest absolute Gasteiger partial charge is 0.257 e. The number of nitrogens with zero attached hydrogens (tertiary/aromatic N) is 1. The van der Waals surface area contributed by atoms with Crippen molar-refractivity contribution in [1.29, 1.82) is 0 Å². The van der Waals surface area contributed by atoms with Crippen molar-refractivity contribution < 1.29 is 28.6 Å². The van der Waals surface area contributed by atoms with Gasteiger partial charge in [0.15, 0.2) is 11.5 Å². The molecule has 0 radical (unpaired) electrons. The predicted molar refractivity (Wildman–Crippen MR) is 123 cm³/mol. The fourth-order valence-corrected chi connectivity index (χ4v) is 3.96. The van der Waals surface area contributed by atoms with Gasteiger partial charge in [-0.15, -0.1) is 0 Å². The third-order valence-electron chi connectivity index (χ3n) is 5.59. The second kappa shape index (κ2) is 10.4. The van der Waals surface area contributed by atoms with Crippen molar-refractivity contribution in [3.63, 3.8) is 0 Å². The van der Waals surface area contributed by atoms with Crippen LogP contribution in [0.15, 0.2) is 30.3 Å². The molecule has 10 heteroatoms. The summed E-state index contributed by atoms with van der Waals surface area (Å²) in [5, 5.41) is 3.21. The van der Waals surface area contributed by atoms with Gasteiger partial charge in [-0.3, -0.25) is 14.4 Å². The van der Waals surface area contributed by atoms with Gasteiger partial charge in [0, 0.05) is 30.1 Å². The van der Waals surface area contributed by atoms with E-state index in [9.17, 15) is 14.4 Å². The Bertz CT molecular complexity index is 1070. The number of carbonyl (C=O) groups excluding carboxylic acids is 3. The van der Waals surface area contributed by atoms with Gasteiger partial charge in [-0.2, -0.15) is 0 Å². The Labute approximate surface area is 196 Å². The fraction of sp³-hybridized carbons (Fsp3) is 0.348. The minimum Gasteiger partial charge on any atom is -0.496 e. The highest BCUT2D eigenvalue weighted by molar-refractivity contribution is 6.31. The molecule has 1 aliphatic rings. The first-order valence-corrected chi connectivity index (χ1v) is 10.7. The quantitative estimate of drug-likeness (QED) is 0.635. The van der Waals surface area contributed by atoms with Crippen molar-refractivity contribution in [2.45, 2.75) is 12.8 Å². The van der Waals surface area contributed by atoms with E-state index in [1.165, 1.54) is 33.5 Å². The number of likely N-dealkylation sites (tertiary alicyclic amines) is 1. The first-order valence-electron chi connectivity index (χ1n) is 10.3. The van der Waals surface area contributed by atoms with Crippen LogP contribution in [0, 0.1) is 5.92 Å². The van der Waals surface area contributed by atoms with Crippen molar-refractivity contribution >= 4 is 35.0 Å². The zero-order valence-electron chi connectivity index (χ0n) is 18.6. The standard InChI is InChI=1S/C23H26ClN3O6/c1-31-18-5-4-14(24)10-16(18)23(30)27-8-6-13(7-9-27)22(29)26-17-12-20(33-3)19(32-2)11-15(17)21(25)28/h4-5,10-13H,6-9H2,1-3H3,(H2,25,28)(H,26,29). The SMILES string of the molecule is COc1cc(NC(=O)C2CCN(C(=O)c3cc(Cl)ccc3OC)CC2)c(C(N)=O)cc1OC. The Hall–Kier alpha value is -3.46. The van der Waals surface area contributed by atoms with E-state index in [0.29, 0.717) is 53.8 Å². The van der Waals surface area contributed by atoms with Crippen LogP contribution in [-0.4, -0.2) is 57.0 Å². The molecule has 3 amide bonds. The zero-order valence-corrected chi connectivity index (χ0v) is 19.4. The van der Waals surface area contributed by atoms with Gasteiger partial charge in [0.2, 0.25) is 5.91 Å². The lowest BCUT2D eigenvalue weighted by atomic mass is 9.95. The maximum Gasteiger partial charge on any atom is 0.257 e. The second-order valence-corrected chi connectivity index (χ2v) is 7.95. The molecule has 1 heterocycles. The summed E-state index contributed by atoms with van der Waals surface area (Å²) >= 11 is 6.05. The number of carbonyl (C=O) groups is 3. The Kier molecular flexibility index (Phi) is 7.65. The van der Waals surface area contributed by atoms with Gasteiger partial charge < -0.3 is 30.2 Å². The first kappa shape index (κ1) is 24.2. The fourth-order valence-electron chi connectivity index (χ4n) is 3.78. The van der Waals surface area contributed by atoms with Crippen molar-refractivity contribution in [3.8, 4) is 17.2 Å². The lowest BCUT2D eigenvalue weighted by Crippen LogP contribution is -2.41. The average molecular weight is 476 g/mol. The third kappa shape index (κ3) is 5.31. The van der Waals surface area contributed by atoms with E-state index in [2.05, 4.69) is 5.32 Å². The molecule has 0 atom stereocenters. The number of rotatable bonds is 7. The van der Waals surface area contributed by atoms with Gasteiger partial charge >= 0.3 is 0 Å². The average Bonchev–Trinajstić information content (AvgIpc) is 2.83. The molecule has 3 N–H and O–H groups in total. The van der Waals surface area contributed by atoms with Crippen LogP contribution >= 0.6 is 11.6 Å². The van der Waals surface area contributed by atoms with Crippen molar-refractivity contribution in [1.82, 2.24) is 4.90 Å². The number of benzene rings is 2. The number of nitrogens with two attached hydrogens (primary N) is 1. The van der Waals surface area contributed by atoms with Crippen LogP contribution < -0.4 is 25.3 Å². The second-order valence-electron chi connectivity index (χ2n) is 7.52. The highest BCUT2D eigenvalue weighted by Gasteiger charge is 2.30. The molecule has 33 heavy (non-hydrogen) atoms. The van der Waals surface area contributed by atoms with Crippen LogP contribution in [-0.2, 0) is 4.79 Å². The molecule has 0 aliphatic carbocycles. The molecule has 3 rings (SSSR count). The lowest BCUT2D eigenvalue weighted by molar-refractivity contribution is -0.121. The van der Waals surface area contributed by atoms with Crippen LogP contribution in [0.5, 0.6) is 17.2 Å². The molecule has 0 saturated carbocycles. The third-order valence-corrected chi connectivity index (χ3v) is 5.83. The Morgan fingerprint density at radius 2 is 1.55 bits per heavy atom. The lowest BCUT2D eigenvalue weighted by Gasteiger charge is -2.32. The Balaban J connectivity index is 1.70. The number of amides is 3. The van der Waals surface area contributed by atoms with E-state index < -0.39 is 5.91 Å². The highest BCUT2D eigenvalue weighted by Crippen LogP contribution is 2.34. The minimum atomic E-state index is -0.706. The maximum absolute atomic E-state index is 13.0. The number of hydrogen-bond acceptors (Lipinski definition) is 6. The maximum atomic E-state index is 13.0. The summed E-state index contributed by atoms with van der Waals surface area (Å²) < 4.78 is 15.7. The van der Waals surface area contributed by atoms with Gasteiger partial charge in [0.1, 0.15) is 5.75 Å². The number of anilines is 1. The first-order chi connectivity index (χ1) is 15.8. The minimum absolute atomic E-state index is 0.113. The topological polar surface area (TPSA) is 120 Å². The summed E-state index contributed by atoms with van der Waals surface area (Å²) in [5.74, 6) is -0.398. The van der Waals surface area contributed by atoms with Crippen molar-refractivity contribution in [2.24, 2.45) is 11.7 Å². The summed E-state index contributed by atoms with van der Waals surface area (Å²) in [6, 6.07) is 7.80. The van der Waals surface area contributed by atoms with Crippen LogP contribution in [0.4, 0.5) is 5.69 Å². The van der Waals surface area contributed by atoms with Crippen LogP contribution in [0.25, 0.3) is 0 Å². The van der Waals surface area contributed by atoms with E-state index >= 15 is 0 Å². The molecule has 0 bridgehead atoms. The molecule has 0 unspecified atom stereocenters. The molecule has 1 aliphatic heterocycles. The number of primary amides is 1. The molecule has 9 nitrogen and oxygen atoms in total. The monoisotopic (exact) mass is 475 g/mol. The molecule has 0 spiro atoms. The number of halogens is 1. The molecule has 176 valence electrons. The number of hydrogen-bond donors (Lipinski definition) is 2. The van der Waals surface area contributed by atoms with Crippen molar-refractivity contribution in [2.75, 3.05) is 39.7 Å². The van der Waals surface area contributed by atoms with E-state index in [1.807, 2.05) is 0 Å². The van der Waals surface area contributed by atoms with E-state index in [4.69, 9.17) is 31.5 Å². The molecule has 1 saturated heterocycles. The summed E-state index contributed by atoms with van der Waals surface area (Å²) in [7, 11) is 4.38. The molecule has 0 aromatic heterocycles. The number of piperidine rings is 1. The molecule has 2 aromatic carbocycles. The summed E-state index contributed by atoms with van der Waals surface area (Å²) in [4.78, 5) is 39.4. The number of nitrogens with one attached hydrogen (secondary N) is 1. The van der Waals surface area contributed by atoms with Gasteiger partial charge in [0.05, 0.1) is 38.1 Å². The van der Waals surface area contributed by atoms with Gasteiger partial charge in [0.25, 0.3) is 11.8 Å². The Morgan fingerprint density at radius 3 is 2.12 bits per heavy atom. The van der Waals surface area contributed by atoms with E-state index in [-0.39, 0.29) is 29.0 Å². The van der Waals surface area contributed by atoms with Gasteiger partial charge in [-0.1, -0.05) is 11.6 Å². The summed E-state index contributed by atoms with van der Waals surface area (Å²) in [6.45, 7) is 0.780. The number of methoxy groups -OCH3 is 3. The molecular weight excluding hydrogens is 450 g/mol. The van der Waals surface area contributed by atoms with Crippen molar-refractivity contribution in [3.05, 3.63) is 46.5 Å². The predicted octanol–water partition coefficient (Wildman–Crippen LogP) is 2.96. The normalized spacial score (nSPS) is 13.9. The largest absolute Gasteiger partial charge is 0.496 e. The number of ether oxygens (including phenoxy) is 3. The summed E-state index contributed by atoms with van der Waals surface area (Å²) in [5.41, 5.74) is 6.21. The highest BCUT2D eigenvalue weighted by atomic mass is 35.5. The molecular formula is C23H26ClN3O6. The zero-order chi connectivity index (χ0) is 24.1. The van der Waals surface area contributed by atoms with Crippen LogP contribution in [0.3, 0.4) is 0 Å². The van der Waals surface area contributed by atoms with Crippen LogP contribution in [0.1, 0.15) is 33.6 Å². The Morgan fingerprint density at radius 1 is 0.939 bits per heavy atom.